The van der Waals surface area contributed by atoms with Gasteiger partial charge in [-0.05, 0) is 24.1 Å². The lowest BCUT2D eigenvalue weighted by Gasteiger charge is -2.18. The summed E-state index contributed by atoms with van der Waals surface area (Å²) in [4.78, 5) is 10.6. The molecule has 2 rings (SSSR count). The number of aromatic nitrogens is 2. The first-order chi connectivity index (χ1) is 8.69. The molecule has 0 saturated carbocycles. The molecule has 0 spiro atoms. The zero-order chi connectivity index (χ0) is 13.0. The summed E-state index contributed by atoms with van der Waals surface area (Å²) in [5, 5.41) is 0. The zero-order valence-corrected chi connectivity index (χ0v) is 10.8. The fraction of sp³-hybridized carbons (Fsp3) is 0.286. The summed E-state index contributed by atoms with van der Waals surface area (Å²) in [7, 11) is 2.03. The Morgan fingerprint density at radius 1 is 1.11 bits per heavy atom. The van der Waals surface area contributed by atoms with Gasteiger partial charge in [-0.25, -0.2) is 9.97 Å². The third-order valence-corrected chi connectivity index (χ3v) is 2.83. The van der Waals surface area contributed by atoms with Gasteiger partial charge in [-0.1, -0.05) is 24.3 Å². The van der Waals surface area contributed by atoms with Gasteiger partial charge in [0.05, 0.1) is 0 Å². The van der Waals surface area contributed by atoms with E-state index in [9.17, 15) is 0 Å². The van der Waals surface area contributed by atoms with Gasteiger partial charge in [0.2, 0.25) is 0 Å². The number of nitrogens with zero attached hydrogens (tertiary/aromatic N) is 3. The van der Waals surface area contributed by atoms with Crippen molar-refractivity contribution in [3.63, 3.8) is 0 Å². The minimum atomic E-state index is 0.585. The van der Waals surface area contributed by atoms with Crippen LogP contribution in [0, 0.1) is 6.92 Å². The van der Waals surface area contributed by atoms with Crippen LogP contribution >= 0.6 is 0 Å². The molecule has 0 radical (unpaired) electrons. The number of anilines is 1. The highest BCUT2D eigenvalue weighted by Gasteiger charge is 2.04. The van der Waals surface area contributed by atoms with Crippen molar-refractivity contribution in [2.45, 2.75) is 20.0 Å². The van der Waals surface area contributed by atoms with Crippen molar-refractivity contribution < 1.29 is 0 Å². The van der Waals surface area contributed by atoms with Gasteiger partial charge in [-0.2, -0.15) is 0 Å². The molecule has 0 aliphatic carbocycles. The maximum absolute atomic E-state index is 5.58. The summed E-state index contributed by atoms with van der Waals surface area (Å²) in [6.07, 6.45) is 1.78. The lowest BCUT2D eigenvalue weighted by molar-refractivity contribution is 0.878. The van der Waals surface area contributed by atoms with Crippen molar-refractivity contribution >= 4 is 5.82 Å². The van der Waals surface area contributed by atoms with E-state index in [-0.39, 0.29) is 0 Å². The Balaban J connectivity index is 2.08. The van der Waals surface area contributed by atoms with Crippen LogP contribution < -0.4 is 10.6 Å². The van der Waals surface area contributed by atoms with Gasteiger partial charge in [0, 0.05) is 26.3 Å². The standard InChI is InChI=1S/C14H18N4/c1-11-16-8-7-14(17-11)18(2)10-13-5-3-12(9-15)4-6-13/h3-8H,9-10,15H2,1-2H3. The SMILES string of the molecule is Cc1nccc(N(C)Cc2ccc(CN)cc2)n1. The van der Waals surface area contributed by atoms with Crippen LogP contribution in [0.4, 0.5) is 5.82 Å². The first-order valence-corrected chi connectivity index (χ1v) is 5.97. The van der Waals surface area contributed by atoms with Crippen molar-refractivity contribution in [2.24, 2.45) is 5.73 Å². The summed E-state index contributed by atoms with van der Waals surface area (Å²) < 4.78 is 0. The first-order valence-electron chi connectivity index (χ1n) is 5.97. The van der Waals surface area contributed by atoms with Crippen molar-refractivity contribution in [3.8, 4) is 0 Å². The molecule has 0 aliphatic rings. The second kappa shape index (κ2) is 5.60. The van der Waals surface area contributed by atoms with Gasteiger partial charge in [-0.15, -0.1) is 0 Å². The fourth-order valence-electron chi connectivity index (χ4n) is 1.79. The van der Waals surface area contributed by atoms with Crippen LogP contribution in [0.25, 0.3) is 0 Å². The number of hydrogen-bond acceptors (Lipinski definition) is 4. The summed E-state index contributed by atoms with van der Waals surface area (Å²) in [6, 6.07) is 10.3. The van der Waals surface area contributed by atoms with Crippen LogP contribution in [0.2, 0.25) is 0 Å². The molecular weight excluding hydrogens is 224 g/mol. The highest BCUT2D eigenvalue weighted by atomic mass is 15.2. The third kappa shape index (κ3) is 3.05. The predicted octanol–water partition coefficient (Wildman–Crippen LogP) is 1.88. The molecule has 0 aliphatic heterocycles. The smallest absolute Gasteiger partial charge is 0.132 e. The van der Waals surface area contributed by atoms with E-state index in [2.05, 4.69) is 39.1 Å². The van der Waals surface area contributed by atoms with Crippen molar-refractivity contribution in [1.29, 1.82) is 0 Å². The summed E-state index contributed by atoms with van der Waals surface area (Å²) in [6.45, 7) is 3.30. The number of aryl methyl sites for hydroxylation is 1. The molecule has 0 atom stereocenters. The number of nitrogens with two attached hydrogens (primary N) is 1. The van der Waals surface area contributed by atoms with Crippen LogP contribution in [0.1, 0.15) is 17.0 Å². The summed E-state index contributed by atoms with van der Waals surface area (Å²) in [5.41, 5.74) is 7.98. The highest BCUT2D eigenvalue weighted by molar-refractivity contribution is 5.38. The summed E-state index contributed by atoms with van der Waals surface area (Å²) in [5.74, 6) is 1.73. The van der Waals surface area contributed by atoms with Crippen molar-refractivity contribution in [2.75, 3.05) is 11.9 Å². The molecular formula is C14H18N4. The van der Waals surface area contributed by atoms with Crippen LogP contribution in [0.15, 0.2) is 36.5 Å². The maximum Gasteiger partial charge on any atom is 0.132 e. The molecule has 2 aromatic rings. The molecule has 4 heteroatoms. The van der Waals surface area contributed by atoms with Gasteiger partial charge in [0.25, 0.3) is 0 Å². The van der Waals surface area contributed by atoms with E-state index in [1.807, 2.05) is 20.0 Å². The normalized spacial score (nSPS) is 10.4. The van der Waals surface area contributed by atoms with Gasteiger partial charge in [0.1, 0.15) is 11.6 Å². The minimum absolute atomic E-state index is 0.585. The van der Waals surface area contributed by atoms with Crippen LogP contribution in [-0.4, -0.2) is 17.0 Å². The minimum Gasteiger partial charge on any atom is -0.355 e. The highest BCUT2D eigenvalue weighted by Crippen LogP contribution is 2.12. The average molecular weight is 242 g/mol. The largest absolute Gasteiger partial charge is 0.355 e. The molecule has 0 unspecified atom stereocenters. The van der Waals surface area contributed by atoms with Gasteiger partial charge >= 0.3 is 0 Å². The second-order valence-electron chi connectivity index (χ2n) is 4.34. The molecule has 1 aromatic carbocycles. The van der Waals surface area contributed by atoms with Gasteiger partial charge in [-0.3, -0.25) is 0 Å². The monoisotopic (exact) mass is 242 g/mol. The zero-order valence-electron chi connectivity index (χ0n) is 10.8. The molecule has 18 heavy (non-hydrogen) atoms. The van der Waals surface area contributed by atoms with Crippen LogP contribution in [0.3, 0.4) is 0 Å². The molecule has 0 saturated heterocycles. The van der Waals surface area contributed by atoms with E-state index in [4.69, 9.17) is 5.73 Å². The predicted molar refractivity (Wildman–Crippen MR) is 73.2 cm³/mol. The molecule has 0 amide bonds. The van der Waals surface area contributed by atoms with Crippen molar-refractivity contribution in [1.82, 2.24) is 9.97 Å². The Labute approximate surface area is 107 Å². The summed E-state index contributed by atoms with van der Waals surface area (Å²) >= 11 is 0. The van der Waals surface area contributed by atoms with Crippen LogP contribution in [0.5, 0.6) is 0 Å². The maximum atomic E-state index is 5.58. The quantitative estimate of drug-likeness (QED) is 0.889. The molecule has 0 fully saturated rings. The van der Waals surface area contributed by atoms with Gasteiger partial charge < -0.3 is 10.6 Å². The topological polar surface area (TPSA) is 55.0 Å². The Hall–Kier alpha value is -1.94. The Kier molecular flexibility index (Phi) is 3.89. The van der Waals surface area contributed by atoms with E-state index in [1.54, 1.807) is 6.20 Å². The molecule has 2 N–H and O–H groups in total. The average Bonchev–Trinajstić information content (AvgIpc) is 2.39. The molecule has 4 nitrogen and oxygen atoms in total. The van der Waals surface area contributed by atoms with E-state index >= 15 is 0 Å². The van der Waals surface area contributed by atoms with Gasteiger partial charge in [0.15, 0.2) is 0 Å². The Bertz CT molecular complexity index is 507. The van der Waals surface area contributed by atoms with E-state index in [0.717, 1.165) is 23.8 Å². The number of rotatable bonds is 4. The second-order valence-corrected chi connectivity index (χ2v) is 4.34. The lowest BCUT2D eigenvalue weighted by Crippen LogP contribution is -2.18. The molecule has 0 bridgehead atoms. The van der Waals surface area contributed by atoms with E-state index in [1.165, 1.54) is 5.56 Å². The van der Waals surface area contributed by atoms with Crippen molar-refractivity contribution in [3.05, 3.63) is 53.5 Å². The first kappa shape index (κ1) is 12.5. The van der Waals surface area contributed by atoms with Crippen LogP contribution in [-0.2, 0) is 13.1 Å². The number of hydrogen-bond donors (Lipinski definition) is 1. The van der Waals surface area contributed by atoms with E-state index < -0.39 is 0 Å². The van der Waals surface area contributed by atoms with E-state index in [0.29, 0.717) is 6.54 Å². The Morgan fingerprint density at radius 2 is 1.78 bits per heavy atom. The third-order valence-electron chi connectivity index (χ3n) is 2.83. The fourth-order valence-corrected chi connectivity index (χ4v) is 1.79. The Morgan fingerprint density at radius 3 is 2.39 bits per heavy atom. The molecule has 1 heterocycles. The lowest BCUT2D eigenvalue weighted by atomic mass is 10.1. The number of benzene rings is 1. The molecule has 1 aromatic heterocycles. The molecule has 94 valence electrons.